The average molecular weight is 218 g/mol. The number of imidazole rings is 1. The number of aromatic nitrogens is 3. The maximum absolute atomic E-state index is 5.96. The summed E-state index contributed by atoms with van der Waals surface area (Å²) in [7, 11) is 0. The topological polar surface area (TPSA) is 56.7 Å². The van der Waals surface area contributed by atoms with E-state index in [1.807, 2.05) is 16.7 Å². The summed E-state index contributed by atoms with van der Waals surface area (Å²) in [6, 6.07) is 4.07. The number of pyridine rings is 1. The summed E-state index contributed by atoms with van der Waals surface area (Å²) in [4.78, 5) is 8.68. The van der Waals surface area contributed by atoms with Crippen LogP contribution in [0.4, 0.5) is 5.95 Å². The molecule has 0 aliphatic carbocycles. The number of nitrogens with zero attached hydrogens (tertiary/aromatic N) is 3. The van der Waals surface area contributed by atoms with Crippen LogP contribution in [0.3, 0.4) is 0 Å². The molecule has 0 aliphatic heterocycles. The molecule has 2 aromatic rings. The van der Waals surface area contributed by atoms with Gasteiger partial charge in [0.05, 0.1) is 0 Å². The van der Waals surface area contributed by atoms with E-state index in [4.69, 9.17) is 5.73 Å². The lowest BCUT2D eigenvalue weighted by Gasteiger charge is -2.29. The minimum atomic E-state index is 0.124. The third-order valence-electron chi connectivity index (χ3n) is 3.12. The Hall–Kier alpha value is -1.58. The molecule has 0 amide bonds. The van der Waals surface area contributed by atoms with Crippen LogP contribution in [-0.4, -0.2) is 14.5 Å². The number of hydrogen-bond donors (Lipinski definition) is 1. The van der Waals surface area contributed by atoms with Gasteiger partial charge in [0.1, 0.15) is 5.52 Å². The highest BCUT2D eigenvalue weighted by Crippen LogP contribution is 2.33. The molecule has 4 nitrogen and oxygen atoms in total. The normalized spacial score (nSPS) is 14.2. The van der Waals surface area contributed by atoms with Crippen LogP contribution in [0.5, 0.6) is 0 Å². The highest BCUT2D eigenvalue weighted by molar-refractivity contribution is 5.74. The molecule has 0 radical (unpaired) electrons. The van der Waals surface area contributed by atoms with Gasteiger partial charge in [-0.15, -0.1) is 0 Å². The Morgan fingerprint density at radius 1 is 1.38 bits per heavy atom. The van der Waals surface area contributed by atoms with Crippen LogP contribution in [0.25, 0.3) is 11.2 Å². The van der Waals surface area contributed by atoms with Gasteiger partial charge in [-0.3, -0.25) is 4.57 Å². The first kappa shape index (κ1) is 10.9. The molecule has 2 aromatic heterocycles. The van der Waals surface area contributed by atoms with Crippen LogP contribution in [0.15, 0.2) is 18.3 Å². The Morgan fingerprint density at radius 2 is 2.06 bits per heavy atom. The van der Waals surface area contributed by atoms with E-state index in [2.05, 4.69) is 37.7 Å². The molecule has 0 spiro atoms. The summed E-state index contributed by atoms with van der Waals surface area (Å²) < 4.78 is 2.01. The van der Waals surface area contributed by atoms with Gasteiger partial charge in [-0.25, -0.2) is 9.97 Å². The molecule has 2 rings (SSSR count). The zero-order valence-electron chi connectivity index (χ0n) is 10.2. The van der Waals surface area contributed by atoms with Gasteiger partial charge in [0.2, 0.25) is 5.95 Å². The van der Waals surface area contributed by atoms with Crippen molar-refractivity contribution < 1.29 is 0 Å². The number of rotatable bonds is 1. The Balaban J connectivity index is 2.64. The monoisotopic (exact) mass is 218 g/mol. The molecule has 1 atom stereocenters. The summed E-state index contributed by atoms with van der Waals surface area (Å²) in [5, 5.41) is 0. The summed E-state index contributed by atoms with van der Waals surface area (Å²) in [6.07, 6.45) is 1.77. The third-order valence-corrected chi connectivity index (χ3v) is 3.12. The molecule has 86 valence electrons. The Kier molecular flexibility index (Phi) is 2.37. The maximum atomic E-state index is 5.96. The summed E-state index contributed by atoms with van der Waals surface area (Å²) >= 11 is 0. The summed E-state index contributed by atoms with van der Waals surface area (Å²) in [5.74, 6) is 0.538. The molecule has 2 N–H and O–H groups in total. The molecule has 0 bridgehead atoms. The molecule has 16 heavy (non-hydrogen) atoms. The van der Waals surface area contributed by atoms with Crippen LogP contribution in [0.1, 0.15) is 33.7 Å². The predicted octanol–water partition coefficient (Wildman–Crippen LogP) is 2.62. The van der Waals surface area contributed by atoms with Crippen LogP contribution in [-0.2, 0) is 0 Å². The molecule has 0 saturated carbocycles. The van der Waals surface area contributed by atoms with Crippen LogP contribution in [0, 0.1) is 5.41 Å². The van der Waals surface area contributed by atoms with Crippen molar-refractivity contribution in [2.45, 2.75) is 33.7 Å². The number of hydrogen-bond acceptors (Lipinski definition) is 3. The molecule has 4 heteroatoms. The largest absolute Gasteiger partial charge is 0.369 e. The van der Waals surface area contributed by atoms with Crippen molar-refractivity contribution in [2.24, 2.45) is 5.41 Å². The first-order valence-corrected chi connectivity index (χ1v) is 5.49. The zero-order valence-corrected chi connectivity index (χ0v) is 10.2. The van der Waals surface area contributed by atoms with Crippen LogP contribution >= 0.6 is 0 Å². The Morgan fingerprint density at radius 3 is 2.69 bits per heavy atom. The second-order valence-corrected chi connectivity index (χ2v) is 5.23. The van der Waals surface area contributed by atoms with E-state index in [1.54, 1.807) is 6.20 Å². The lowest BCUT2D eigenvalue weighted by Crippen LogP contribution is -2.23. The Labute approximate surface area is 95.5 Å². The molecule has 0 aromatic carbocycles. The van der Waals surface area contributed by atoms with Gasteiger partial charge in [0, 0.05) is 12.2 Å². The third kappa shape index (κ3) is 1.64. The zero-order chi connectivity index (χ0) is 11.9. The smallest absolute Gasteiger partial charge is 0.202 e. The van der Waals surface area contributed by atoms with Gasteiger partial charge in [-0.1, -0.05) is 20.8 Å². The average Bonchev–Trinajstić information content (AvgIpc) is 2.51. The molecule has 0 fully saturated rings. The van der Waals surface area contributed by atoms with Crippen molar-refractivity contribution >= 4 is 17.1 Å². The fourth-order valence-corrected chi connectivity index (χ4v) is 1.72. The molecule has 0 saturated heterocycles. The van der Waals surface area contributed by atoms with E-state index in [9.17, 15) is 0 Å². The second-order valence-electron chi connectivity index (χ2n) is 5.23. The number of nitrogen functional groups attached to an aromatic ring is 1. The molecular weight excluding hydrogens is 200 g/mol. The van der Waals surface area contributed by atoms with E-state index in [-0.39, 0.29) is 11.5 Å². The number of anilines is 1. The van der Waals surface area contributed by atoms with Gasteiger partial charge in [0.15, 0.2) is 5.65 Å². The Bertz CT molecular complexity index is 507. The van der Waals surface area contributed by atoms with E-state index < -0.39 is 0 Å². The molecule has 0 aliphatic rings. The van der Waals surface area contributed by atoms with Crippen LogP contribution < -0.4 is 5.73 Å². The first-order valence-electron chi connectivity index (χ1n) is 5.49. The second kappa shape index (κ2) is 3.47. The standard InChI is InChI=1S/C12H18N4/c1-8(12(2,3)4)16-10-9(15-11(16)13)6-5-7-14-10/h5-8H,1-4H3,(H2,13,15). The van der Waals surface area contributed by atoms with E-state index in [0.29, 0.717) is 5.95 Å². The minimum Gasteiger partial charge on any atom is -0.369 e. The highest BCUT2D eigenvalue weighted by atomic mass is 15.2. The van der Waals surface area contributed by atoms with E-state index in [0.717, 1.165) is 11.2 Å². The van der Waals surface area contributed by atoms with Crippen molar-refractivity contribution in [3.8, 4) is 0 Å². The quantitative estimate of drug-likeness (QED) is 0.800. The van der Waals surface area contributed by atoms with Gasteiger partial charge in [-0.05, 0) is 24.5 Å². The summed E-state index contributed by atoms with van der Waals surface area (Å²) in [5.41, 5.74) is 7.81. The predicted molar refractivity (Wildman–Crippen MR) is 66.1 cm³/mol. The minimum absolute atomic E-state index is 0.124. The molecular formula is C12H18N4. The van der Waals surface area contributed by atoms with Gasteiger partial charge in [0.25, 0.3) is 0 Å². The van der Waals surface area contributed by atoms with E-state index >= 15 is 0 Å². The fourth-order valence-electron chi connectivity index (χ4n) is 1.72. The highest BCUT2D eigenvalue weighted by Gasteiger charge is 2.25. The number of nitrogens with two attached hydrogens (primary N) is 1. The van der Waals surface area contributed by atoms with Crippen molar-refractivity contribution in [1.82, 2.24) is 14.5 Å². The van der Waals surface area contributed by atoms with Crippen molar-refractivity contribution in [2.75, 3.05) is 5.73 Å². The van der Waals surface area contributed by atoms with Crippen molar-refractivity contribution in [3.63, 3.8) is 0 Å². The fraction of sp³-hybridized carbons (Fsp3) is 0.500. The lowest BCUT2D eigenvalue weighted by molar-refractivity contribution is 0.269. The molecule has 2 heterocycles. The van der Waals surface area contributed by atoms with Crippen molar-refractivity contribution in [3.05, 3.63) is 18.3 Å². The maximum Gasteiger partial charge on any atom is 0.202 e. The SMILES string of the molecule is CC(n1c(N)nc2cccnc21)C(C)(C)C. The number of fused-ring (bicyclic) bond motifs is 1. The van der Waals surface area contributed by atoms with Gasteiger partial charge < -0.3 is 5.73 Å². The van der Waals surface area contributed by atoms with Crippen LogP contribution in [0.2, 0.25) is 0 Å². The first-order chi connectivity index (χ1) is 7.41. The molecule has 1 unspecified atom stereocenters. The van der Waals surface area contributed by atoms with Gasteiger partial charge in [-0.2, -0.15) is 0 Å². The van der Waals surface area contributed by atoms with E-state index in [1.165, 1.54) is 0 Å². The van der Waals surface area contributed by atoms with Crippen molar-refractivity contribution in [1.29, 1.82) is 0 Å². The lowest BCUT2D eigenvalue weighted by atomic mass is 9.88. The summed E-state index contributed by atoms with van der Waals surface area (Å²) in [6.45, 7) is 8.70. The van der Waals surface area contributed by atoms with Gasteiger partial charge >= 0.3 is 0 Å².